The molecule has 0 unspecified atom stereocenters. The maximum Gasteiger partial charge on any atom is -0.0178 e. The van der Waals surface area contributed by atoms with Crippen molar-refractivity contribution in [1.82, 2.24) is 0 Å². The van der Waals surface area contributed by atoms with Crippen molar-refractivity contribution in [3.05, 3.63) is 71.8 Å². The third kappa shape index (κ3) is 2.60. The summed E-state index contributed by atoms with van der Waals surface area (Å²) in [6.45, 7) is 4.35. The van der Waals surface area contributed by atoms with E-state index in [1.54, 1.807) is 0 Å². The molecule has 0 saturated heterocycles. The second-order valence-electron chi connectivity index (χ2n) is 5.51. The fourth-order valence-electron chi connectivity index (χ4n) is 2.66. The van der Waals surface area contributed by atoms with Gasteiger partial charge >= 0.3 is 0 Å². The summed E-state index contributed by atoms with van der Waals surface area (Å²) in [6.07, 6.45) is 2.36. The van der Waals surface area contributed by atoms with Crippen LogP contribution in [0.2, 0.25) is 0 Å². The molecule has 0 radical (unpaired) electrons. The van der Waals surface area contributed by atoms with Crippen LogP contribution < -0.4 is 0 Å². The van der Waals surface area contributed by atoms with E-state index in [4.69, 9.17) is 0 Å². The van der Waals surface area contributed by atoms with E-state index >= 15 is 0 Å². The molecular weight excluding hydrogens is 240 g/mol. The Kier molecular flexibility index (Phi) is 3.56. The highest BCUT2D eigenvalue weighted by molar-refractivity contribution is 5.87. The van der Waals surface area contributed by atoms with Gasteiger partial charge in [-0.3, -0.25) is 0 Å². The van der Waals surface area contributed by atoms with Crippen molar-refractivity contribution in [2.75, 3.05) is 0 Å². The van der Waals surface area contributed by atoms with E-state index < -0.39 is 0 Å². The van der Waals surface area contributed by atoms with Crippen LogP contribution in [0.3, 0.4) is 0 Å². The topological polar surface area (TPSA) is 0 Å². The van der Waals surface area contributed by atoms with Crippen molar-refractivity contribution in [2.45, 2.75) is 26.7 Å². The Morgan fingerprint density at radius 3 is 2.10 bits per heavy atom. The standard InChI is InChI=1S/C20H20/c1-3-4-16-7-10-20-14-19(12-11-18(20)13-16)17-8-5-15(2)6-9-17/h5-14H,3-4H2,1-2H3. The maximum absolute atomic E-state index is 2.32. The van der Waals surface area contributed by atoms with Crippen LogP contribution in [0.5, 0.6) is 0 Å². The molecule has 0 saturated carbocycles. The van der Waals surface area contributed by atoms with E-state index in [1.165, 1.54) is 39.4 Å². The highest BCUT2D eigenvalue weighted by atomic mass is 14.1. The highest BCUT2D eigenvalue weighted by Gasteiger charge is 2.01. The summed E-state index contributed by atoms with van der Waals surface area (Å²) in [6, 6.07) is 22.3. The molecule has 20 heavy (non-hydrogen) atoms. The minimum Gasteiger partial charge on any atom is -0.0651 e. The largest absolute Gasteiger partial charge is 0.0651 e. The van der Waals surface area contributed by atoms with Crippen LogP contribution in [0, 0.1) is 6.92 Å². The Morgan fingerprint density at radius 2 is 1.35 bits per heavy atom. The Labute approximate surface area is 121 Å². The normalized spacial score (nSPS) is 10.9. The van der Waals surface area contributed by atoms with Gasteiger partial charge in [0.05, 0.1) is 0 Å². The van der Waals surface area contributed by atoms with Crippen LogP contribution in [0.4, 0.5) is 0 Å². The zero-order valence-electron chi connectivity index (χ0n) is 12.2. The van der Waals surface area contributed by atoms with Crippen molar-refractivity contribution in [3.63, 3.8) is 0 Å². The molecule has 0 nitrogen and oxygen atoms in total. The molecule has 0 spiro atoms. The predicted octanol–water partition coefficient (Wildman–Crippen LogP) is 5.77. The average Bonchev–Trinajstić information content (AvgIpc) is 2.48. The Bertz CT molecular complexity index is 721. The first-order chi connectivity index (χ1) is 9.76. The molecule has 3 rings (SSSR count). The molecule has 3 aromatic carbocycles. The van der Waals surface area contributed by atoms with Gasteiger partial charge in [0.1, 0.15) is 0 Å². The van der Waals surface area contributed by atoms with Gasteiger partial charge in [-0.25, -0.2) is 0 Å². The molecule has 100 valence electrons. The lowest BCUT2D eigenvalue weighted by Crippen LogP contribution is -1.84. The maximum atomic E-state index is 2.32. The van der Waals surface area contributed by atoms with Crippen LogP contribution in [-0.2, 0) is 6.42 Å². The van der Waals surface area contributed by atoms with Gasteiger partial charge < -0.3 is 0 Å². The molecule has 0 fully saturated rings. The molecule has 3 aromatic rings. The van der Waals surface area contributed by atoms with Gasteiger partial charge in [-0.05, 0) is 46.9 Å². The first kappa shape index (κ1) is 12.9. The lowest BCUT2D eigenvalue weighted by molar-refractivity contribution is 0.924. The zero-order chi connectivity index (χ0) is 13.9. The number of aryl methyl sites for hydroxylation is 2. The van der Waals surface area contributed by atoms with Gasteiger partial charge in [-0.15, -0.1) is 0 Å². The van der Waals surface area contributed by atoms with Crippen LogP contribution in [-0.4, -0.2) is 0 Å². The van der Waals surface area contributed by atoms with Crippen molar-refractivity contribution in [2.24, 2.45) is 0 Å². The quantitative estimate of drug-likeness (QED) is 0.561. The van der Waals surface area contributed by atoms with Crippen molar-refractivity contribution in [1.29, 1.82) is 0 Å². The van der Waals surface area contributed by atoms with Crippen LogP contribution >= 0.6 is 0 Å². The SMILES string of the molecule is CCCc1ccc2cc(-c3ccc(C)cc3)ccc2c1. The van der Waals surface area contributed by atoms with Gasteiger partial charge in [0, 0.05) is 0 Å². The molecule has 0 N–H and O–H groups in total. The molecule has 0 atom stereocenters. The predicted molar refractivity (Wildman–Crippen MR) is 88.1 cm³/mol. The van der Waals surface area contributed by atoms with E-state index in [-0.39, 0.29) is 0 Å². The van der Waals surface area contributed by atoms with Crippen LogP contribution in [0.25, 0.3) is 21.9 Å². The van der Waals surface area contributed by atoms with Crippen molar-refractivity contribution >= 4 is 10.8 Å². The molecular formula is C20H20. The number of hydrogen-bond acceptors (Lipinski definition) is 0. The summed E-state index contributed by atoms with van der Waals surface area (Å²) in [5, 5.41) is 2.66. The van der Waals surface area contributed by atoms with Crippen LogP contribution in [0.15, 0.2) is 60.7 Å². The summed E-state index contributed by atoms with van der Waals surface area (Å²) in [4.78, 5) is 0. The average molecular weight is 260 g/mol. The summed E-state index contributed by atoms with van der Waals surface area (Å²) in [5.74, 6) is 0. The van der Waals surface area contributed by atoms with Crippen LogP contribution in [0.1, 0.15) is 24.5 Å². The lowest BCUT2D eigenvalue weighted by Gasteiger charge is -2.06. The molecule has 0 aliphatic carbocycles. The molecule has 0 aromatic heterocycles. The monoisotopic (exact) mass is 260 g/mol. The van der Waals surface area contributed by atoms with Gasteiger partial charge in [-0.1, -0.05) is 73.5 Å². The number of rotatable bonds is 3. The smallest absolute Gasteiger partial charge is 0.0178 e. The third-order valence-corrected chi connectivity index (χ3v) is 3.83. The summed E-state index contributed by atoms with van der Waals surface area (Å²) in [5.41, 5.74) is 5.32. The summed E-state index contributed by atoms with van der Waals surface area (Å²) in [7, 11) is 0. The molecule has 0 aliphatic heterocycles. The molecule has 0 aliphatic rings. The molecule has 0 bridgehead atoms. The van der Waals surface area contributed by atoms with E-state index in [0.717, 1.165) is 6.42 Å². The minimum atomic E-state index is 1.16. The van der Waals surface area contributed by atoms with E-state index in [0.29, 0.717) is 0 Å². The first-order valence-corrected chi connectivity index (χ1v) is 7.36. The first-order valence-electron chi connectivity index (χ1n) is 7.36. The second kappa shape index (κ2) is 5.50. The van der Waals surface area contributed by atoms with Gasteiger partial charge in [-0.2, -0.15) is 0 Å². The highest BCUT2D eigenvalue weighted by Crippen LogP contribution is 2.25. The Morgan fingerprint density at radius 1 is 0.700 bits per heavy atom. The van der Waals surface area contributed by atoms with E-state index in [2.05, 4.69) is 74.5 Å². The number of hydrogen-bond donors (Lipinski definition) is 0. The van der Waals surface area contributed by atoms with E-state index in [9.17, 15) is 0 Å². The fourth-order valence-corrected chi connectivity index (χ4v) is 2.66. The summed E-state index contributed by atoms with van der Waals surface area (Å²) < 4.78 is 0. The summed E-state index contributed by atoms with van der Waals surface area (Å²) >= 11 is 0. The fraction of sp³-hybridized carbons (Fsp3) is 0.200. The minimum absolute atomic E-state index is 1.16. The van der Waals surface area contributed by atoms with E-state index in [1.807, 2.05) is 0 Å². The second-order valence-corrected chi connectivity index (χ2v) is 5.51. The zero-order valence-corrected chi connectivity index (χ0v) is 12.2. The van der Waals surface area contributed by atoms with Crippen molar-refractivity contribution in [3.8, 4) is 11.1 Å². The number of fused-ring (bicyclic) bond motifs is 1. The molecule has 0 heteroatoms. The Hall–Kier alpha value is -2.08. The van der Waals surface area contributed by atoms with Gasteiger partial charge in [0.15, 0.2) is 0 Å². The number of benzene rings is 3. The molecule has 0 amide bonds. The van der Waals surface area contributed by atoms with Gasteiger partial charge in [0.2, 0.25) is 0 Å². The molecule has 0 heterocycles. The third-order valence-electron chi connectivity index (χ3n) is 3.83. The van der Waals surface area contributed by atoms with Crippen molar-refractivity contribution < 1.29 is 0 Å². The lowest BCUT2D eigenvalue weighted by atomic mass is 9.98. The Balaban J connectivity index is 2.02. The van der Waals surface area contributed by atoms with Gasteiger partial charge in [0.25, 0.3) is 0 Å².